The lowest BCUT2D eigenvalue weighted by atomic mass is 9.92. The molecular weight excluding hydrogens is 346 g/mol. The number of aromatic amines is 2. The lowest BCUT2D eigenvalue weighted by Crippen LogP contribution is -2.46. The van der Waals surface area contributed by atoms with E-state index in [1.165, 1.54) is 12.5 Å². The molecule has 0 unspecified atom stereocenters. The van der Waals surface area contributed by atoms with Gasteiger partial charge in [-0.3, -0.25) is 9.59 Å². The predicted octanol–water partition coefficient (Wildman–Crippen LogP) is 1.01. The van der Waals surface area contributed by atoms with Gasteiger partial charge < -0.3 is 19.1 Å². The highest BCUT2D eigenvalue weighted by Gasteiger charge is 2.21. The monoisotopic (exact) mass is 367 g/mol. The van der Waals surface area contributed by atoms with Crippen LogP contribution < -0.4 is 26.6 Å². The van der Waals surface area contributed by atoms with Crippen molar-refractivity contribution in [3.05, 3.63) is 79.1 Å². The Morgan fingerprint density at radius 2 is 1.67 bits per heavy atom. The topological polar surface area (TPSA) is 101 Å². The van der Waals surface area contributed by atoms with Crippen molar-refractivity contribution in [1.29, 1.82) is 0 Å². The second-order valence-electron chi connectivity index (χ2n) is 7.08. The molecule has 0 atom stereocenters. The summed E-state index contributed by atoms with van der Waals surface area (Å²) < 4.78 is 10.7. The normalized spacial score (nSPS) is 13.2. The first-order valence-corrected chi connectivity index (χ1v) is 8.42. The van der Waals surface area contributed by atoms with Gasteiger partial charge in [-0.2, -0.15) is 0 Å². The molecular formula is C20H21N3O4. The molecule has 2 aromatic heterocycles. The maximum atomic E-state index is 12.5. The van der Waals surface area contributed by atoms with Crippen LogP contribution in [-0.4, -0.2) is 22.1 Å². The number of hydrogen-bond donors (Lipinski definition) is 2. The summed E-state index contributed by atoms with van der Waals surface area (Å²) in [6.07, 6.45) is 4.40. The second-order valence-corrected chi connectivity index (χ2v) is 7.08. The Bertz CT molecular complexity index is 1190. The number of para-hydroxylation sites is 1. The fourth-order valence-electron chi connectivity index (χ4n) is 2.69. The quantitative estimate of drug-likeness (QED) is 0.720. The Morgan fingerprint density at radius 3 is 2.30 bits per heavy atom. The number of ether oxygens (including phenoxy) is 1. The summed E-state index contributed by atoms with van der Waals surface area (Å²) >= 11 is 0. The van der Waals surface area contributed by atoms with Crippen molar-refractivity contribution >= 4 is 12.2 Å². The third kappa shape index (κ3) is 3.92. The number of methoxy groups -OCH3 is 1. The van der Waals surface area contributed by atoms with E-state index in [0.717, 1.165) is 0 Å². The van der Waals surface area contributed by atoms with Gasteiger partial charge in [0.2, 0.25) is 0 Å². The molecule has 7 heteroatoms. The fourth-order valence-corrected chi connectivity index (χ4v) is 2.69. The molecule has 0 amide bonds. The molecule has 0 spiro atoms. The van der Waals surface area contributed by atoms with Gasteiger partial charge >= 0.3 is 0 Å². The zero-order valence-electron chi connectivity index (χ0n) is 15.6. The Balaban J connectivity index is 2.15. The summed E-state index contributed by atoms with van der Waals surface area (Å²) in [5.74, 6) is 1.23. The minimum Gasteiger partial charge on any atom is -0.496 e. The van der Waals surface area contributed by atoms with Gasteiger partial charge in [-0.15, -0.1) is 0 Å². The standard InChI is InChI=1S/C20H21N3O4/c1-20(2,3)17-13(21-11-27-17)10-15-19(25)22-14(18(24)23-15)9-12-7-5-6-8-16(12)26-4/h5-11H,1-4H3,(H,22,25)(H,23,24). The van der Waals surface area contributed by atoms with Gasteiger partial charge in [0.1, 0.15) is 27.9 Å². The maximum absolute atomic E-state index is 12.5. The minimum atomic E-state index is -0.432. The van der Waals surface area contributed by atoms with Crippen LogP contribution in [0.15, 0.2) is 44.7 Å². The van der Waals surface area contributed by atoms with Crippen molar-refractivity contribution in [1.82, 2.24) is 15.0 Å². The van der Waals surface area contributed by atoms with E-state index < -0.39 is 11.1 Å². The van der Waals surface area contributed by atoms with Gasteiger partial charge in [0.25, 0.3) is 11.1 Å². The molecule has 0 saturated heterocycles. The molecule has 0 aliphatic rings. The predicted molar refractivity (Wildman–Crippen MR) is 102 cm³/mol. The number of nitrogens with one attached hydrogen (secondary N) is 2. The molecule has 3 aromatic rings. The van der Waals surface area contributed by atoms with Gasteiger partial charge in [0, 0.05) is 11.0 Å². The zero-order chi connectivity index (χ0) is 19.6. The molecule has 2 heterocycles. The van der Waals surface area contributed by atoms with Crippen molar-refractivity contribution in [2.24, 2.45) is 0 Å². The zero-order valence-corrected chi connectivity index (χ0v) is 15.6. The third-order valence-electron chi connectivity index (χ3n) is 3.98. The van der Waals surface area contributed by atoms with E-state index in [4.69, 9.17) is 9.15 Å². The maximum Gasteiger partial charge on any atom is 0.272 e. The van der Waals surface area contributed by atoms with Gasteiger partial charge in [-0.1, -0.05) is 39.0 Å². The smallest absolute Gasteiger partial charge is 0.272 e. The van der Waals surface area contributed by atoms with E-state index in [-0.39, 0.29) is 16.1 Å². The Labute approximate surface area is 155 Å². The molecule has 0 radical (unpaired) electrons. The van der Waals surface area contributed by atoms with Crippen LogP contribution in [0.25, 0.3) is 12.2 Å². The van der Waals surface area contributed by atoms with Crippen molar-refractivity contribution in [3.63, 3.8) is 0 Å². The molecule has 3 rings (SSSR count). The largest absolute Gasteiger partial charge is 0.496 e. The van der Waals surface area contributed by atoms with E-state index in [2.05, 4.69) is 15.0 Å². The fraction of sp³-hybridized carbons (Fsp3) is 0.250. The van der Waals surface area contributed by atoms with Crippen LogP contribution in [0.1, 0.15) is 37.8 Å². The summed E-state index contributed by atoms with van der Waals surface area (Å²) in [4.78, 5) is 34.3. The lowest BCUT2D eigenvalue weighted by Gasteiger charge is -2.14. The molecule has 2 N–H and O–H groups in total. The van der Waals surface area contributed by atoms with Crippen molar-refractivity contribution in [2.45, 2.75) is 26.2 Å². The Morgan fingerprint density at radius 1 is 1.04 bits per heavy atom. The van der Waals surface area contributed by atoms with Crippen LogP contribution >= 0.6 is 0 Å². The van der Waals surface area contributed by atoms with Gasteiger partial charge in [-0.25, -0.2) is 4.98 Å². The molecule has 140 valence electrons. The number of nitrogens with zero attached hydrogens (tertiary/aromatic N) is 1. The molecule has 0 aliphatic carbocycles. The molecule has 0 fully saturated rings. The first kappa shape index (κ1) is 18.4. The number of oxazole rings is 1. The molecule has 0 saturated carbocycles. The number of H-pyrrole nitrogens is 2. The van der Waals surface area contributed by atoms with Gasteiger partial charge in [-0.05, 0) is 18.2 Å². The van der Waals surface area contributed by atoms with Crippen molar-refractivity contribution in [3.8, 4) is 5.75 Å². The van der Waals surface area contributed by atoms with E-state index in [9.17, 15) is 9.59 Å². The third-order valence-corrected chi connectivity index (χ3v) is 3.98. The highest BCUT2D eigenvalue weighted by Crippen LogP contribution is 2.25. The average Bonchev–Trinajstić information content (AvgIpc) is 3.08. The molecule has 1 aromatic carbocycles. The van der Waals surface area contributed by atoms with E-state index >= 15 is 0 Å². The summed E-state index contributed by atoms with van der Waals surface area (Å²) in [5.41, 5.74) is 0.0492. The van der Waals surface area contributed by atoms with Crippen LogP contribution in [-0.2, 0) is 5.41 Å². The molecule has 7 nitrogen and oxygen atoms in total. The summed E-state index contributed by atoms with van der Waals surface area (Å²) in [7, 11) is 1.54. The molecule has 27 heavy (non-hydrogen) atoms. The van der Waals surface area contributed by atoms with Gasteiger partial charge in [0.05, 0.1) is 7.11 Å². The van der Waals surface area contributed by atoms with Crippen LogP contribution in [0.5, 0.6) is 5.75 Å². The average molecular weight is 367 g/mol. The van der Waals surface area contributed by atoms with Crippen molar-refractivity contribution < 1.29 is 9.15 Å². The second kappa shape index (κ2) is 7.11. The number of rotatable bonds is 3. The number of benzene rings is 1. The summed E-state index contributed by atoms with van der Waals surface area (Å²) in [6, 6.07) is 7.22. The van der Waals surface area contributed by atoms with Crippen molar-refractivity contribution in [2.75, 3.05) is 7.11 Å². The van der Waals surface area contributed by atoms with E-state index in [1.54, 1.807) is 25.3 Å². The van der Waals surface area contributed by atoms with Crippen LogP contribution in [0.2, 0.25) is 0 Å². The van der Waals surface area contributed by atoms with Crippen LogP contribution in [0, 0.1) is 0 Å². The first-order valence-electron chi connectivity index (χ1n) is 8.42. The Kier molecular flexibility index (Phi) is 4.85. The SMILES string of the molecule is COc1ccccc1C=c1[nH]c(=O)c(=Cc2ncoc2C(C)(C)C)[nH]c1=O. The number of aromatic nitrogens is 3. The Hall–Kier alpha value is -3.35. The first-order chi connectivity index (χ1) is 12.8. The minimum absolute atomic E-state index is 0.108. The molecule has 0 bridgehead atoms. The van der Waals surface area contributed by atoms with Crippen LogP contribution in [0.4, 0.5) is 0 Å². The lowest BCUT2D eigenvalue weighted by molar-refractivity contribution is 0.407. The highest BCUT2D eigenvalue weighted by atomic mass is 16.5. The van der Waals surface area contributed by atoms with E-state index in [1.807, 2.05) is 32.9 Å². The van der Waals surface area contributed by atoms with Gasteiger partial charge in [0.15, 0.2) is 6.39 Å². The highest BCUT2D eigenvalue weighted by molar-refractivity contribution is 5.56. The number of hydrogen-bond acceptors (Lipinski definition) is 5. The summed E-state index contributed by atoms with van der Waals surface area (Å²) in [6.45, 7) is 5.93. The van der Waals surface area contributed by atoms with E-state index in [0.29, 0.717) is 22.8 Å². The van der Waals surface area contributed by atoms with Crippen LogP contribution in [0.3, 0.4) is 0 Å². The molecule has 0 aliphatic heterocycles. The summed E-state index contributed by atoms with van der Waals surface area (Å²) in [5, 5.41) is 0.245.